The predicted octanol–water partition coefficient (Wildman–Crippen LogP) is 1.86. The highest BCUT2D eigenvalue weighted by Gasteiger charge is 2.12. The Balaban J connectivity index is 1.86. The van der Waals surface area contributed by atoms with Gasteiger partial charge in [-0.2, -0.15) is 5.10 Å². The molecule has 22 heavy (non-hydrogen) atoms. The van der Waals surface area contributed by atoms with E-state index in [2.05, 4.69) is 15.5 Å². The van der Waals surface area contributed by atoms with E-state index in [1.165, 1.54) is 0 Å². The minimum absolute atomic E-state index is 0.00528. The molecule has 1 aromatic heterocycles. The number of amides is 1. The van der Waals surface area contributed by atoms with Gasteiger partial charge in [0.1, 0.15) is 5.69 Å². The summed E-state index contributed by atoms with van der Waals surface area (Å²) in [5.41, 5.74) is 1.78. The van der Waals surface area contributed by atoms with Gasteiger partial charge in [-0.3, -0.25) is 9.89 Å². The fourth-order valence-electron chi connectivity index (χ4n) is 1.88. The second-order valence-corrected chi connectivity index (χ2v) is 5.00. The van der Waals surface area contributed by atoms with Gasteiger partial charge in [0, 0.05) is 18.7 Å². The number of carbonyl (C=O) groups is 1. The molecule has 0 bridgehead atoms. The summed E-state index contributed by atoms with van der Waals surface area (Å²) < 4.78 is 5.11. The Hall–Kier alpha value is -1.89. The molecule has 2 rings (SSSR count). The van der Waals surface area contributed by atoms with Crippen LogP contribution in [-0.4, -0.2) is 47.6 Å². The summed E-state index contributed by atoms with van der Waals surface area (Å²) in [7, 11) is 0. The summed E-state index contributed by atoms with van der Waals surface area (Å²) in [6.45, 7) is 1.31. The number of rotatable bonds is 8. The van der Waals surface area contributed by atoms with Crippen LogP contribution in [0, 0.1) is 0 Å². The second-order valence-electron chi connectivity index (χ2n) is 4.59. The minimum Gasteiger partial charge on any atom is -0.394 e. The Kier molecular flexibility index (Phi) is 6.39. The highest BCUT2D eigenvalue weighted by atomic mass is 35.5. The predicted molar refractivity (Wildman–Crippen MR) is 83.9 cm³/mol. The average molecular weight is 324 g/mol. The molecule has 0 unspecified atom stereocenters. The third-order valence-corrected chi connectivity index (χ3v) is 3.29. The number of aliphatic hydroxyl groups excluding tert-OH is 1. The summed E-state index contributed by atoms with van der Waals surface area (Å²) in [5.74, 6) is -0.229. The standard InChI is InChI=1S/C15H18ClN3O3/c16-12-5-2-1-4-11(12)13-10-14(19-18-13)15(21)17-6-3-8-22-9-7-20/h1-2,4-5,10,20H,3,6-9H2,(H,17,21)(H,18,19). The van der Waals surface area contributed by atoms with Gasteiger partial charge < -0.3 is 15.2 Å². The number of hydrogen-bond donors (Lipinski definition) is 3. The summed E-state index contributed by atoms with van der Waals surface area (Å²) in [6, 6.07) is 8.99. The SMILES string of the molecule is O=C(NCCCOCCO)c1cc(-c2ccccc2Cl)n[nH]1. The lowest BCUT2D eigenvalue weighted by Gasteiger charge is -2.04. The van der Waals surface area contributed by atoms with E-state index in [0.717, 1.165) is 5.56 Å². The van der Waals surface area contributed by atoms with Crippen LogP contribution in [0.15, 0.2) is 30.3 Å². The molecule has 3 N–H and O–H groups in total. The Morgan fingerprint density at radius 1 is 1.36 bits per heavy atom. The summed E-state index contributed by atoms with van der Waals surface area (Å²) in [6.07, 6.45) is 0.678. The first-order chi connectivity index (χ1) is 10.7. The zero-order chi connectivity index (χ0) is 15.8. The van der Waals surface area contributed by atoms with E-state index in [1.807, 2.05) is 18.2 Å². The number of hydrogen-bond acceptors (Lipinski definition) is 4. The zero-order valence-corrected chi connectivity index (χ0v) is 12.8. The number of halogens is 1. The molecule has 0 saturated heterocycles. The highest BCUT2D eigenvalue weighted by molar-refractivity contribution is 6.33. The lowest BCUT2D eigenvalue weighted by atomic mass is 10.1. The van der Waals surface area contributed by atoms with Gasteiger partial charge in [-0.25, -0.2) is 0 Å². The quantitative estimate of drug-likeness (QED) is 0.647. The molecule has 7 heteroatoms. The number of aliphatic hydroxyl groups is 1. The number of carbonyl (C=O) groups excluding carboxylic acids is 1. The molecule has 0 atom stereocenters. The number of nitrogens with zero attached hydrogens (tertiary/aromatic N) is 1. The van der Waals surface area contributed by atoms with Gasteiger partial charge in [0.25, 0.3) is 5.91 Å². The van der Waals surface area contributed by atoms with Crippen LogP contribution in [0.25, 0.3) is 11.3 Å². The first-order valence-corrected chi connectivity index (χ1v) is 7.37. The molecule has 0 fully saturated rings. The van der Waals surface area contributed by atoms with Gasteiger partial charge in [-0.15, -0.1) is 0 Å². The molecule has 0 aliphatic rings. The monoisotopic (exact) mass is 323 g/mol. The van der Waals surface area contributed by atoms with Gasteiger partial charge in [0.15, 0.2) is 0 Å². The third kappa shape index (κ3) is 4.56. The fraction of sp³-hybridized carbons (Fsp3) is 0.333. The normalized spacial score (nSPS) is 10.6. The van der Waals surface area contributed by atoms with E-state index < -0.39 is 0 Å². The van der Waals surface area contributed by atoms with E-state index >= 15 is 0 Å². The van der Waals surface area contributed by atoms with Crippen LogP contribution in [-0.2, 0) is 4.74 Å². The first-order valence-electron chi connectivity index (χ1n) is 6.99. The van der Waals surface area contributed by atoms with E-state index in [0.29, 0.717) is 42.6 Å². The van der Waals surface area contributed by atoms with E-state index in [1.54, 1.807) is 12.1 Å². The number of nitrogens with one attached hydrogen (secondary N) is 2. The topological polar surface area (TPSA) is 87.2 Å². The summed E-state index contributed by atoms with van der Waals surface area (Å²) in [4.78, 5) is 12.0. The molecule has 118 valence electrons. The average Bonchev–Trinajstić information content (AvgIpc) is 3.01. The zero-order valence-electron chi connectivity index (χ0n) is 12.0. The van der Waals surface area contributed by atoms with E-state index in [9.17, 15) is 4.79 Å². The third-order valence-electron chi connectivity index (χ3n) is 2.96. The summed E-state index contributed by atoms with van der Waals surface area (Å²) in [5, 5.41) is 18.7. The first kappa shape index (κ1) is 16.5. The van der Waals surface area contributed by atoms with Crippen LogP contribution in [0.2, 0.25) is 5.02 Å². The molecule has 0 spiro atoms. The van der Waals surface area contributed by atoms with Crippen molar-refractivity contribution in [2.75, 3.05) is 26.4 Å². The molecule has 1 heterocycles. The molecule has 0 aliphatic carbocycles. The maximum absolute atomic E-state index is 12.0. The molecule has 0 aliphatic heterocycles. The van der Waals surface area contributed by atoms with Crippen molar-refractivity contribution in [3.8, 4) is 11.3 Å². The van der Waals surface area contributed by atoms with Gasteiger partial charge in [-0.1, -0.05) is 29.8 Å². The second kappa shape index (κ2) is 8.53. The van der Waals surface area contributed by atoms with Crippen LogP contribution in [0.5, 0.6) is 0 Å². The van der Waals surface area contributed by atoms with Crippen LogP contribution >= 0.6 is 11.6 Å². The van der Waals surface area contributed by atoms with Crippen molar-refractivity contribution in [3.63, 3.8) is 0 Å². The number of ether oxygens (including phenoxy) is 1. The molecule has 2 aromatic rings. The number of H-pyrrole nitrogens is 1. The Morgan fingerprint density at radius 3 is 2.95 bits per heavy atom. The molecule has 6 nitrogen and oxygen atoms in total. The van der Waals surface area contributed by atoms with Crippen molar-refractivity contribution in [2.24, 2.45) is 0 Å². The Morgan fingerprint density at radius 2 is 2.18 bits per heavy atom. The number of benzene rings is 1. The number of aromatic amines is 1. The van der Waals surface area contributed by atoms with Crippen LogP contribution in [0.4, 0.5) is 0 Å². The Bertz CT molecular complexity index is 616. The van der Waals surface area contributed by atoms with Crippen molar-refractivity contribution in [1.29, 1.82) is 0 Å². The lowest BCUT2D eigenvalue weighted by molar-refractivity contribution is 0.0865. The van der Waals surface area contributed by atoms with E-state index in [-0.39, 0.29) is 12.5 Å². The van der Waals surface area contributed by atoms with Crippen LogP contribution in [0.3, 0.4) is 0 Å². The molecule has 0 saturated carbocycles. The van der Waals surface area contributed by atoms with Gasteiger partial charge in [0.2, 0.25) is 0 Å². The van der Waals surface area contributed by atoms with Crippen molar-refractivity contribution in [3.05, 3.63) is 41.0 Å². The van der Waals surface area contributed by atoms with Crippen molar-refractivity contribution in [2.45, 2.75) is 6.42 Å². The van der Waals surface area contributed by atoms with Crippen LogP contribution < -0.4 is 5.32 Å². The number of aromatic nitrogens is 2. The van der Waals surface area contributed by atoms with Crippen LogP contribution in [0.1, 0.15) is 16.9 Å². The maximum atomic E-state index is 12.0. The van der Waals surface area contributed by atoms with Crippen molar-refractivity contribution in [1.82, 2.24) is 15.5 Å². The highest BCUT2D eigenvalue weighted by Crippen LogP contribution is 2.26. The van der Waals surface area contributed by atoms with Gasteiger partial charge in [0.05, 0.1) is 23.9 Å². The molecular formula is C15H18ClN3O3. The minimum atomic E-state index is -0.229. The smallest absolute Gasteiger partial charge is 0.269 e. The summed E-state index contributed by atoms with van der Waals surface area (Å²) >= 11 is 6.11. The molecule has 1 aromatic carbocycles. The fourth-order valence-corrected chi connectivity index (χ4v) is 2.12. The molecule has 0 radical (unpaired) electrons. The molecular weight excluding hydrogens is 306 g/mol. The Labute approximate surface area is 133 Å². The van der Waals surface area contributed by atoms with Crippen molar-refractivity contribution >= 4 is 17.5 Å². The molecule has 1 amide bonds. The van der Waals surface area contributed by atoms with Crippen molar-refractivity contribution < 1.29 is 14.6 Å². The van der Waals surface area contributed by atoms with E-state index in [4.69, 9.17) is 21.4 Å². The lowest BCUT2D eigenvalue weighted by Crippen LogP contribution is -2.25. The largest absolute Gasteiger partial charge is 0.394 e. The maximum Gasteiger partial charge on any atom is 0.269 e. The van der Waals surface area contributed by atoms with Gasteiger partial charge in [-0.05, 0) is 18.6 Å². The van der Waals surface area contributed by atoms with Gasteiger partial charge >= 0.3 is 0 Å².